The second-order valence-corrected chi connectivity index (χ2v) is 6.07. The molecule has 0 atom stereocenters. The van der Waals surface area contributed by atoms with Gasteiger partial charge in [0.25, 0.3) is 0 Å². The van der Waals surface area contributed by atoms with Crippen molar-refractivity contribution < 1.29 is 9.21 Å². The van der Waals surface area contributed by atoms with Gasteiger partial charge in [0.05, 0.1) is 5.02 Å². The number of furan rings is 1. The number of hydrogen-bond donors (Lipinski definition) is 1. The molecular formula is C20H18ClNO2. The maximum absolute atomic E-state index is 12.1. The highest BCUT2D eigenvalue weighted by atomic mass is 35.5. The SMILES string of the molecule is Cc1cccc(NC(=O)CCc2ccc(-c3ccccc3Cl)o2)c1. The van der Waals surface area contributed by atoms with Gasteiger partial charge in [0, 0.05) is 24.1 Å². The van der Waals surface area contributed by atoms with Gasteiger partial charge >= 0.3 is 0 Å². The van der Waals surface area contributed by atoms with E-state index in [0.29, 0.717) is 17.9 Å². The van der Waals surface area contributed by atoms with Gasteiger partial charge in [0.1, 0.15) is 11.5 Å². The van der Waals surface area contributed by atoms with E-state index in [0.717, 1.165) is 28.3 Å². The normalized spacial score (nSPS) is 10.6. The number of carbonyl (C=O) groups excluding carboxylic acids is 1. The molecule has 0 saturated carbocycles. The summed E-state index contributed by atoms with van der Waals surface area (Å²) in [5, 5.41) is 3.55. The third-order valence-corrected chi connectivity index (χ3v) is 4.03. The second kappa shape index (κ2) is 7.37. The average Bonchev–Trinajstić information content (AvgIpc) is 3.02. The van der Waals surface area contributed by atoms with Crippen LogP contribution in [0.4, 0.5) is 5.69 Å². The van der Waals surface area contributed by atoms with E-state index in [1.54, 1.807) is 0 Å². The Morgan fingerprint density at radius 3 is 2.71 bits per heavy atom. The summed E-state index contributed by atoms with van der Waals surface area (Å²) in [7, 11) is 0. The lowest BCUT2D eigenvalue weighted by Crippen LogP contribution is -2.12. The average molecular weight is 340 g/mol. The Kier molecular flexibility index (Phi) is 5.02. The van der Waals surface area contributed by atoms with E-state index in [9.17, 15) is 4.79 Å². The zero-order valence-corrected chi connectivity index (χ0v) is 14.1. The molecule has 24 heavy (non-hydrogen) atoms. The van der Waals surface area contributed by atoms with Crippen LogP contribution >= 0.6 is 11.6 Å². The minimum atomic E-state index is -0.0312. The molecular weight excluding hydrogens is 322 g/mol. The fourth-order valence-electron chi connectivity index (χ4n) is 2.50. The fraction of sp³-hybridized carbons (Fsp3) is 0.150. The predicted octanol–water partition coefficient (Wildman–Crippen LogP) is 5.48. The molecule has 3 rings (SSSR count). The molecule has 1 aromatic heterocycles. The van der Waals surface area contributed by atoms with Crippen molar-refractivity contribution >= 4 is 23.2 Å². The van der Waals surface area contributed by atoms with Crippen LogP contribution in [0.1, 0.15) is 17.7 Å². The summed E-state index contributed by atoms with van der Waals surface area (Å²) < 4.78 is 5.81. The number of rotatable bonds is 5. The molecule has 0 unspecified atom stereocenters. The zero-order chi connectivity index (χ0) is 16.9. The molecule has 4 heteroatoms. The number of nitrogens with one attached hydrogen (secondary N) is 1. The summed E-state index contributed by atoms with van der Waals surface area (Å²) >= 11 is 6.17. The van der Waals surface area contributed by atoms with Crippen LogP contribution < -0.4 is 5.32 Å². The molecule has 1 heterocycles. The van der Waals surface area contributed by atoms with E-state index < -0.39 is 0 Å². The number of aryl methyl sites for hydroxylation is 2. The maximum atomic E-state index is 12.1. The maximum Gasteiger partial charge on any atom is 0.224 e. The fourth-order valence-corrected chi connectivity index (χ4v) is 2.73. The van der Waals surface area contributed by atoms with Crippen LogP contribution in [0, 0.1) is 6.92 Å². The van der Waals surface area contributed by atoms with Crippen molar-refractivity contribution in [3.05, 3.63) is 77.0 Å². The molecule has 0 spiro atoms. The first-order valence-corrected chi connectivity index (χ1v) is 8.20. The first-order valence-electron chi connectivity index (χ1n) is 7.82. The molecule has 0 bridgehead atoms. The van der Waals surface area contributed by atoms with E-state index in [1.807, 2.05) is 67.6 Å². The minimum Gasteiger partial charge on any atom is -0.461 e. The summed E-state index contributed by atoms with van der Waals surface area (Å²) in [6, 6.07) is 19.1. The van der Waals surface area contributed by atoms with Gasteiger partial charge in [0.15, 0.2) is 0 Å². The minimum absolute atomic E-state index is 0.0312. The van der Waals surface area contributed by atoms with Crippen molar-refractivity contribution in [2.45, 2.75) is 19.8 Å². The lowest BCUT2D eigenvalue weighted by atomic mass is 10.2. The highest BCUT2D eigenvalue weighted by Gasteiger charge is 2.10. The predicted molar refractivity (Wildman–Crippen MR) is 97.3 cm³/mol. The zero-order valence-electron chi connectivity index (χ0n) is 13.4. The molecule has 3 nitrogen and oxygen atoms in total. The molecule has 3 aromatic rings. The number of anilines is 1. The number of amides is 1. The summed E-state index contributed by atoms with van der Waals surface area (Å²) in [5.41, 5.74) is 2.79. The number of carbonyl (C=O) groups is 1. The molecule has 1 N–H and O–H groups in total. The summed E-state index contributed by atoms with van der Waals surface area (Å²) in [6.07, 6.45) is 0.908. The quantitative estimate of drug-likeness (QED) is 0.668. The van der Waals surface area contributed by atoms with Gasteiger partial charge in [-0.15, -0.1) is 0 Å². The van der Waals surface area contributed by atoms with Crippen LogP contribution in [0.2, 0.25) is 5.02 Å². The molecule has 122 valence electrons. The van der Waals surface area contributed by atoms with Crippen molar-refractivity contribution in [3.63, 3.8) is 0 Å². The lowest BCUT2D eigenvalue weighted by molar-refractivity contribution is -0.116. The van der Waals surface area contributed by atoms with Gasteiger partial charge in [-0.2, -0.15) is 0 Å². The highest BCUT2D eigenvalue weighted by molar-refractivity contribution is 6.33. The van der Waals surface area contributed by atoms with Crippen molar-refractivity contribution in [2.24, 2.45) is 0 Å². The standard InChI is InChI=1S/C20H18ClNO2/c1-14-5-4-6-15(13-14)22-20(23)12-10-16-9-11-19(24-16)17-7-2-3-8-18(17)21/h2-9,11,13H,10,12H2,1H3,(H,22,23). The van der Waals surface area contributed by atoms with Gasteiger partial charge in [0.2, 0.25) is 5.91 Å². The number of halogens is 1. The first kappa shape index (κ1) is 16.3. The summed E-state index contributed by atoms with van der Waals surface area (Å²) in [4.78, 5) is 12.1. The van der Waals surface area contributed by atoms with Gasteiger partial charge < -0.3 is 9.73 Å². The van der Waals surface area contributed by atoms with E-state index in [4.69, 9.17) is 16.0 Å². The molecule has 0 radical (unpaired) electrons. The van der Waals surface area contributed by atoms with Crippen LogP contribution in [0.15, 0.2) is 65.1 Å². The summed E-state index contributed by atoms with van der Waals surface area (Å²) in [6.45, 7) is 1.99. The van der Waals surface area contributed by atoms with Crippen LogP contribution in [0.5, 0.6) is 0 Å². The number of hydrogen-bond acceptors (Lipinski definition) is 2. The van der Waals surface area contributed by atoms with Crippen LogP contribution in [0.25, 0.3) is 11.3 Å². The molecule has 0 aliphatic heterocycles. The van der Waals surface area contributed by atoms with Gasteiger partial charge in [-0.3, -0.25) is 4.79 Å². The molecule has 0 aliphatic carbocycles. The van der Waals surface area contributed by atoms with Crippen LogP contribution in [0.3, 0.4) is 0 Å². The number of benzene rings is 2. The highest BCUT2D eigenvalue weighted by Crippen LogP contribution is 2.29. The summed E-state index contributed by atoms with van der Waals surface area (Å²) in [5.74, 6) is 1.45. The van der Waals surface area contributed by atoms with Crippen LogP contribution in [-0.2, 0) is 11.2 Å². The topological polar surface area (TPSA) is 42.2 Å². The van der Waals surface area contributed by atoms with Crippen molar-refractivity contribution in [1.82, 2.24) is 0 Å². The Bertz CT molecular complexity index is 854. The lowest BCUT2D eigenvalue weighted by Gasteiger charge is -2.05. The van der Waals surface area contributed by atoms with Gasteiger partial charge in [-0.05, 0) is 48.9 Å². The third kappa shape index (κ3) is 4.06. The van der Waals surface area contributed by atoms with Crippen molar-refractivity contribution in [2.75, 3.05) is 5.32 Å². The molecule has 0 fully saturated rings. The van der Waals surface area contributed by atoms with E-state index in [-0.39, 0.29) is 5.91 Å². The molecule has 0 aliphatic rings. The Morgan fingerprint density at radius 1 is 1.08 bits per heavy atom. The first-order chi connectivity index (χ1) is 11.6. The van der Waals surface area contributed by atoms with Gasteiger partial charge in [-0.25, -0.2) is 0 Å². The Balaban J connectivity index is 1.59. The molecule has 2 aromatic carbocycles. The Labute approximate surface area is 146 Å². The Hall–Kier alpha value is -2.52. The second-order valence-electron chi connectivity index (χ2n) is 5.66. The largest absolute Gasteiger partial charge is 0.461 e. The van der Waals surface area contributed by atoms with E-state index in [2.05, 4.69) is 5.32 Å². The molecule has 1 amide bonds. The monoisotopic (exact) mass is 339 g/mol. The van der Waals surface area contributed by atoms with Crippen molar-refractivity contribution in [1.29, 1.82) is 0 Å². The van der Waals surface area contributed by atoms with Crippen LogP contribution in [-0.4, -0.2) is 5.91 Å². The smallest absolute Gasteiger partial charge is 0.224 e. The van der Waals surface area contributed by atoms with Crippen molar-refractivity contribution in [3.8, 4) is 11.3 Å². The van der Waals surface area contributed by atoms with Gasteiger partial charge in [-0.1, -0.05) is 35.9 Å². The van der Waals surface area contributed by atoms with E-state index in [1.165, 1.54) is 0 Å². The third-order valence-electron chi connectivity index (χ3n) is 3.70. The van der Waals surface area contributed by atoms with E-state index >= 15 is 0 Å². The molecule has 0 saturated heterocycles. The Morgan fingerprint density at radius 2 is 1.92 bits per heavy atom.